The van der Waals surface area contributed by atoms with Crippen molar-refractivity contribution >= 4 is 5.91 Å². The van der Waals surface area contributed by atoms with E-state index in [0.29, 0.717) is 12.8 Å². The summed E-state index contributed by atoms with van der Waals surface area (Å²) in [5.74, 6) is -2.02. The molecule has 2 atom stereocenters. The molecule has 0 aliphatic heterocycles. The van der Waals surface area contributed by atoms with Crippen molar-refractivity contribution in [1.29, 1.82) is 0 Å². The van der Waals surface area contributed by atoms with Crippen LogP contribution in [-0.4, -0.2) is 19.1 Å². The molecule has 0 aromatic rings. The molecule has 0 heterocycles. The molecule has 0 radical (unpaired) electrons. The van der Waals surface area contributed by atoms with Gasteiger partial charge >= 0.3 is 6.18 Å². The zero-order valence-electron chi connectivity index (χ0n) is 8.03. The summed E-state index contributed by atoms with van der Waals surface area (Å²) in [5.41, 5.74) is 0. The molecule has 82 valence electrons. The van der Waals surface area contributed by atoms with Crippen LogP contribution >= 0.6 is 0 Å². The van der Waals surface area contributed by atoms with Crippen molar-refractivity contribution in [1.82, 2.24) is 5.32 Å². The number of halogens is 3. The van der Waals surface area contributed by atoms with Crippen molar-refractivity contribution in [2.45, 2.75) is 31.9 Å². The molecule has 1 fully saturated rings. The maximum atomic E-state index is 12.4. The van der Waals surface area contributed by atoms with Crippen LogP contribution in [0.15, 0.2) is 0 Å². The number of nitrogens with one attached hydrogen (secondary N) is 1. The molecule has 0 saturated heterocycles. The zero-order chi connectivity index (χ0) is 10.8. The number of carbonyl (C=O) groups is 1. The maximum absolute atomic E-state index is 12.4. The van der Waals surface area contributed by atoms with Crippen molar-refractivity contribution in [3.8, 4) is 0 Å². The van der Waals surface area contributed by atoms with Crippen molar-refractivity contribution in [3.63, 3.8) is 0 Å². The average molecular weight is 209 g/mol. The Balaban J connectivity index is 2.56. The van der Waals surface area contributed by atoms with Crippen LogP contribution in [0.1, 0.15) is 25.7 Å². The van der Waals surface area contributed by atoms with Gasteiger partial charge in [-0.15, -0.1) is 0 Å². The van der Waals surface area contributed by atoms with Crippen LogP contribution in [0.4, 0.5) is 13.2 Å². The van der Waals surface area contributed by atoms with Crippen LogP contribution in [0.3, 0.4) is 0 Å². The lowest BCUT2D eigenvalue weighted by Crippen LogP contribution is -2.35. The number of hydrogen-bond donors (Lipinski definition) is 1. The van der Waals surface area contributed by atoms with Crippen LogP contribution in [0.25, 0.3) is 0 Å². The smallest absolute Gasteiger partial charge is 0.359 e. The van der Waals surface area contributed by atoms with E-state index >= 15 is 0 Å². The van der Waals surface area contributed by atoms with Gasteiger partial charge in [0.15, 0.2) is 0 Å². The van der Waals surface area contributed by atoms with Crippen LogP contribution in [-0.2, 0) is 4.79 Å². The number of hydrogen-bond acceptors (Lipinski definition) is 1. The fourth-order valence-corrected chi connectivity index (χ4v) is 1.93. The fourth-order valence-electron chi connectivity index (χ4n) is 1.93. The van der Waals surface area contributed by atoms with E-state index in [0.717, 1.165) is 0 Å². The Hall–Kier alpha value is -0.740. The highest BCUT2D eigenvalue weighted by molar-refractivity contribution is 5.78. The number of carbonyl (C=O) groups excluding carboxylic acids is 1. The van der Waals surface area contributed by atoms with Gasteiger partial charge in [0.25, 0.3) is 0 Å². The largest absolute Gasteiger partial charge is 0.391 e. The lowest BCUT2D eigenvalue weighted by molar-refractivity contribution is -0.186. The van der Waals surface area contributed by atoms with E-state index in [9.17, 15) is 18.0 Å². The van der Waals surface area contributed by atoms with Crippen LogP contribution in [0.2, 0.25) is 0 Å². The van der Waals surface area contributed by atoms with Crippen molar-refractivity contribution in [2.75, 3.05) is 7.05 Å². The number of amides is 1. The summed E-state index contributed by atoms with van der Waals surface area (Å²) in [7, 11) is 1.46. The Bertz CT molecular complexity index is 215. The lowest BCUT2D eigenvalue weighted by atomic mass is 9.80. The first kappa shape index (κ1) is 11.3. The second-order valence-corrected chi connectivity index (χ2v) is 3.72. The zero-order valence-corrected chi connectivity index (χ0v) is 8.03. The Morgan fingerprint density at radius 3 is 2.50 bits per heavy atom. The Labute approximate surface area is 80.9 Å². The van der Waals surface area contributed by atoms with Gasteiger partial charge in [-0.05, 0) is 19.3 Å². The van der Waals surface area contributed by atoms with E-state index in [2.05, 4.69) is 5.32 Å². The van der Waals surface area contributed by atoms with Gasteiger partial charge in [-0.25, -0.2) is 0 Å². The van der Waals surface area contributed by atoms with Crippen LogP contribution < -0.4 is 5.32 Å². The van der Waals surface area contributed by atoms with E-state index in [-0.39, 0.29) is 18.7 Å². The summed E-state index contributed by atoms with van der Waals surface area (Å²) in [6.45, 7) is 0. The van der Waals surface area contributed by atoms with E-state index in [1.54, 1.807) is 0 Å². The minimum Gasteiger partial charge on any atom is -0.359 e. The van der Waals surface area contributed by atoms with Gasteiger partial charge in [0, 0.05) is 13.0 Å². The quantitative estimate of drug-likeness (QED) is 0.704. The second-order valence-electron chi connectivity index (χ2n) is 3.72. The highest BCUT2D eigenvalue weighted by Crippen LogP contribution is 2.39. The van der Waals surface area contributed by atoms with Crippen LogP contribution in [0.5, 0.6) is 0 Å². The van der Waals surface area contributed by atoms with Gasteiger partial charge in [-0.1, -0.05) is 6.42 Å². The molecule has 0 bridgehead atoms. The van der Waals surface area contributed by atoms with Gasteiger partial charge in [0.2, 0.25) is 5.91 Å². The molecule has 2 nitrogen and oxygen atoms in total. The molecule has 1 aliphatic carbocycles. The summed E-state index contributed by atoms with van der Waals surface area (Å²) in [6, 6.07) is 0. The van der Waals surface area contributed by atoms with Gasteiger partial charge in [0.1, 0.15) is 0 Å². The molecule has 1 N–H and O–H groups in total. The Morgan fingerprint density at radius 1 is 1.36 bits per heavy atom. The summed E-state index contributed by atoms with van der Waals surface area (Å²) >= 11 is 0. The lowest BCUT2D eigenvalue weighted by Gasteiger charge is -2.29. The van der Waals surface area contributed by atoms with Crippen molar-refractivity contribution < 1.29 is 18.0 Å². The molecule has 0 aromatic carbocycles. The second kappa shape index (κ2) is 4.19. The van der Waals surface area contributed by atoms with Crippen molar-refractivity contribution in [3.05, 3.63) is 0 Å². The first-order valence-corrected chi connectivity index (χ1v) is 4.73. The molecular formula is C9H14F3NO. The highest BCUT2D eigenvalue weighted by Gasteiger charge is 2.43. The summed E-state index contributed by atoms with van der Waals surface area (Å²) in [5, 5.41) is 2.40. The molecule has 1 amide bonds. The van der Waals surface area contributed by atoms with E-state index in [1.807, 2.05) is 0 Å². The van der Waals surface area contributed by atoms with Gasteiger partial charge in [0.05, 0.1) is 5.92 Å². The molecule has 1 aliphatic rings. The molecule has 0 spiro atoms. The molecule has 1 rings (SSSR count). The van der Waals surface area contributed by atoms with Crippen molar-refractivity contribution in [2.24, 2.45) is 11.8 Å². The van der Waals surface area contributed by atoms with E-state index in [1.165, 1.54) is 7.05 Å². The predicted octanol–water partition coefficient (Wildman–Crippen LogP) is 2.10. The molecule has 2 unspecified atom stereocenters. The molecule has 1 saturated carbocycles. The average Bonchev–Trinajstić information content (AvgIpc) is 2.15. The third kappa shape index (κ3) is 2.62. The minimum atomic E-state index is -4.15. The first-order chi connectivity index (χ1) is 6.45. The SMILES string of the molecule is CNC(=O)C1CCCC(C(F)(F)F)C1. The van der Waals surface area contributed by atoms with Gasteiger partial charge in [-0.3, -0.25) is 4.79 Å². The molecular weight excluding hydrogens is 195 g/mol. The summed E-state index contributed by atoms with van der Waals surface area (Å²) < 4.78 is 37.1. The highest BCUT2D eigenvalue weighted by atomic mass is 19.4. The normalized spacial score (nSPS) is 28.6. The number of rotatable bonds is 1. The summed E-state index contributed by atoms with van der Waals surface area (Å²) in [4.78, 5) is 11.2. The standard InChI is InChI=1S/C9H14F3NO/c1-13-8(14)6-3-2-4-7(5-6)9(10,11)12/h6-7H,2-5H2,1H3,(H,13,14). The third-order valence-corrected chi connectivity index (χ3v) is 2.75. The summed E-state index contributed by atoms with van der Waals surface area (Å²) in [6.07, 6.45) is -2.97. The Morgan fingerprint density at radius 2 is 2.00 bits per heavy atom. The minimum absolute atomic E-state index is 0.0524. The molecule has 5 heteroatoms. The van der Waals surface area contributed by atoms with E-state index < -0.39 is 18.0 Å². The topological polar surface area (TPSA) is 29.1 Å². The molecule has 0 aromatic heterocycles. The van der Waals surface area contributed by atoms with Crippen LogP contribution in [0, 0.1) is 11.8 Å². The molecule has 14 heavy (non-hydrogen) atoms. The van der Waals surface area contributed by atoms with Gasteiger partial charge < -0.3 is 5.32 Å². The Kier molecular flexibility index (Phi) is 3.39. The maximum Gasteiger partial charge on any atom is 0.391 e. The number of alkyl halides is 3. The monoisotopic (exact) mass is 209 g/mol. The van der Waals surface area contributed by atoms with E-state index in [4.69, 9.17) is 0 Å². The predicted molar refractivity (Wildman–Crippen MR) is 45.6 cm³/mol. The first-order valence-electron chi connectivity index (χ1n) is 4.73. The fraction of sp³-hybridized carbons (Fsp3) is 0.889. The van der Waals surface area contributed by atoms with Gasteiger partial charge in [-0.2, -0.15) is 13.2 Å². The third-order valence-electron chi connectivity index (χ3n) is 2.75.